The first-order valence-electron chi connectivity index (χ1n) is 8.30. The second-order valence-electron chi connectivity index (χ2n) is 6.61. The lowest BCUT2D eigenvalue weighted by molar-refractivity contribution is 0.324. The maximum atomic E-state index is 3.80. The summed E-state index contributed by atoms with van der Waals surface area (Å²) in [6.07, 6.45) is 9.47. The monoisotopic (exact) mass is 277 g/mol. The first kappa shape index (κ1) is 12.9. The second-order valence-corrected chi connectivity index (χ2v) is 6.61. The predicted molar refractivity (Wildman–Crippen MR) is 90.2 cm³/mol. The topological polar surface area (TPSA) is 12.0 Å². The normalized spacial score (nSPS) is 22.5. The van der Waals surface area contributed by atoms with Crippen molar-refractivity contribution < 1.29 is 0 Å². The van der Waals surface area contributed by atoms with Crippen LogP contribution in [0.4, 0.5) is 0 Å². The molecule has 0 radical (unpaired) electrons. The summed E-state index contributed by atoms with van der Waals surface area (Å²) >= 11 is 0. The van der Waals surface area contributed by atoms with Crippen LogP contribution < -0.4 is 15.8 Å². The predicted octanol–water partition coefficient (Wildman–Crippen LogP) is 3.30. The van der Waals surface area contributed by atoms with Gasteiger partial charge in [0.2, 0.25) is 0 Å². The maximum absolute atomic E-state index is 3.80. The summed E-state index contributed by atoms with van der Waals surface area (Å²) in [4.78, 5) is 0. The van der Waals surface area contributed by atoms with Crippen LogP contribution in [0.5, 0.6) is 0 Å². The molecule has 1 aliphatic carbocycles. The Kier molecular flexibility index (Phi) is 3.21. The molecule has 1 unspecified atom stereocenters. The first-order valence-corrected chi connectivity index (χ1v) is 8.30. The molecule has 1 heteroatoms. The minimum atomic E-state index is 0.527. The highest BCUT2D eigenvalue weighted by molar-refractivity contribution is 5.85. The van der Waals surface area contributed by atoms with E-state index in [2.05, 4.69) is 54.7 Å². The number of rotatable bonds is 1. The number of nitrogens with one attached hydrogen (secondary N) is 1. The molecule has 1 nitrogen and oxygen atoms in total. The standard InChI is InChI=1S/C20H23N/c1-14-20-17(12-11-15-7-5-6-10-18(15)20)13-19(21-14)16-8-3-2-4-9-16/h5-7,10-13,16,19,21H,2-4,8-9H2,1H3. The molecule has 108 valence electrons. The fraction of sp³-hybridized carbons (Fsp3) is 0.400. The Labute approximate surface area is 126 Å². The molecule has 1 N–H and O–H groups in total. The van der Waals surface area contributed by atoms with Crippen molar-refractivity contribution in [1.82, 2.24) is 5.32 Å². The molecule has 1 heterocycles. The van der Waals surface area contributed by atoms with Gasteiger partial charge in [-0.3, -0.25) is 0 Å². The molecule has 2 aromatic carbocycles. The van der Waals surface area contributed by atoms with Crippen LogP contribution in [0.1, 0.15) is 39.0 Å². The summed E-state index contributed by atoms with van der Waals surface area (Å²) < 4.78 is 0. The van der Waals surface area contributed by atoms with E-state index in [0.29, 0.717) is 6.04 Å². The van der Waals surface area contributed by atoms with Gasteiger partial charge in [0, 0.05) is 17.0 Å². The van der Waals surface area contributed by atoms with E-state index in [9.17, 15) is 0 Å². The largest absolute Gasteiger partial charge is 0.382 e. The Bertz CT molecular complexity index is 781. The van der Waals surface area contributed by atoms with Crippen molar-refractivity contribution in [2.24, 2.45) is 5.92 Å². The maximum Gasteiger partial charge on any atom is 0.0478 e. The molecule has 1 fully saturated rings. The summed E-state index contributed by atoms with van der Waals surface area (Å²) in [5, 5.41) is 9.32. The van der Waals surface area contributed by atoms with Crippen molar-refractivity contribution >= 4 is 22.5 Å². The van der Waals surface area contributed by atoms with E-state index in [4.69, 9.17) is 0 Å². The van der Waals surface area contributed by atoms with E-state index in [1.165, 1.54) is 59.0 Å². The zero-order chi connectivity index (χ0) is 14.2. The van der Waals surface area contributed by atoms with Crippen LogP contribution in [0.3, 0.4) is 0 Å². The van der Waals surface area contributed by atoms with E-state index in [1.807, 2.05) is 0 Å². The Morgan fingerprint density at radius 3 is 2.62 bits per heavy atom. The van der Waals surface area contributed by atoms with Gasteiger partial charge in [-0.25, -0.2) is 0 Å². The summed E-state index contributed by atoms with van der Waals surface area (Å²) in [6, 6.07) is 13.8. The molecule has 2 aliphatic rings. The van der Waals surface area contributed by atoms with Crippen molar-refractivity contribution in [3.63, 3.8) is 0 Å². The molecule has 21 heavy (non-hydrogen) atoms. The molecule has 0 bridgehead atoms. The van der Waals surface area contributed by atoms with Crippen LogP contribution in [0.2, 0.25) is 0 Å². The van der Waals surface area contributed by atoms with Crippen LogP contribution in [0.15, 0.2) is 36.4 Å². The van der Waals surface area contributed by atoms with Gasteiger partial charge >= 0.3 is 0 Å². The third-order valence-electron chi connectivity index (χ3n) is 5.24. The number of benzene rings is 2. The van der Waals surface area contributed by atoms with Crippen LogP contribution in [0, 0.1) is 5.92 Å². The lowest BCUT2D eigenvalue weighted by Gasteiger charge is -2.32. The molecular formula is C20H23N. The first-order chi connectivity index (χ1) is 10.3. The van der Waals surface area contributed by atoms with Crippen LogP contribution in [0.25, 0.3) is 22.5 Å². The molecule has 1 aliphatic heterocycles. The van der Waals surface area contributed by atoms with Crippen molar-refractivity contribution in [3.05, 3.63) is 46.8 Å². The Morgan fingerprint density at radius 1 is 0.952 bits per heavy atom. The summed E-state index contributed by atoms with van der Waals surface area (Å²) in [6.45, 7) is 2.24. The zero-order valence-electron chi connectivity index (χ0n) is 12.7. The van der Waals surface area contributed by atoms with E-state index < -0.39 is 0 Å². The van der Waals surface area contributed by atoms with Gasteiger partial charge in [-0.15, -0.1) is 0 Å². The third kappa shape index (κ3) is 2.25. The van der Waals surface area contributed by atoms with E-state index in [0.717, 1.165) is 5.92 Å². The second kappa shape index (κ2) is 5.22. The minimum absolute atomic E-state index is 0.527. The Hall–Kier alpha value is -1.76. The Morgan fingerprint density at radius 2 is 1.76 bits per heavy atom. The van der Waals surface area contributed by atoms with Gasteiger partial charge in [0.25, 0.3) is 0 Å². The van der Waals surface area contributed by atoms with E-state index >= 15 is 0 Å². The molecule has 1 saturated carbocycles. The lowest BCUT2D eigenvalue weighted by atomic mass is 9.82. The number of hydrogen-bond donors (Lipinski definition) is 1. The van der Waals surface area contributed by atoms with Gasteiger partial charge in [-0.2, -0.15) is 0 Å². The van der Waals surface area contributed by atoms with Crippen molar-refractivity contribution in [1.29, 1.82) is 0 Å². The van der Waals surface area contributed by atoms with Gasteiger partial charge in [0.1, 0.15) is 0 Å². The average Bonchev–Trinajstić information content (AvgIpc) is 2.55. The van der Waals surface area contributed by atoms with E-state index in [1.54, 1.807) is 0 Å². The lowest BCUT2D eigenvalue weighted by Crippen LogP contribution is -2.45. The average molecular weight is 277 g/mol. The molecule has 0 saturated heterocycles. The molecule has 1 atom stereocenters. The molecule has 0 aromatic heterocycles. The van der Waals surface area contributed by atoms with Crippen molar-refractivity contribution in [2.75, 3.05) is 0 Å². The number of fused-ring (bicyclic) bond motifs is 3. The fourth-order valence-electron chi connectivity index (χ4n) is 4.15. The number of hydrogen-bond acceptors (Lipinski definition) is 1. The molecule has 0 spiro atoms. The fourth-order valence-corrected chi connectivity index (χ4v) is 4.15. The van der Waals surface area contributed by atoms with Crippen LogP contribution in [-0.4, -0.2) is 6.04 Å². The quantitative estimate of drug-likeness (QED) is 0.843. The van der Waals surface area contributed by atoms with Crippen molar-refractivity contribution in [3.8, 4) is 0 Å². The van der Waals surface area contributed by atoms with Gasteiger partial charge < -0.3 is 5.32 Å². The molecule has 0 amide bonds. The minimum Gasteiger partial charge on any atom is -0.382 e. The molecule has 4 rings (SSSR count). The van der Waals surface area contributed by atoms with Crippen molar-refractivity contribution in [2.45, 2.75) is 45.1 Å². The molecule has 2 aromatic rings. The Balaban J connectivity index is 1.86. The summed E-state index contributed by atoms with van der Waals surface area (Å²) in [5.41, 5.74) is 1.35. The highest BCUT2D eigenvalue weighted by Gasteiger charge is 2.23. The van der Waals surface area contributed by atoms with E-state index in [-0.39, 0.29) is 0 Å². The summed E-state index contributed by atoms with van der Waals surface area (Å²) in [5.74, 6) is 0.813. The summed E-state index contributed by atoms with van der Waals surface area (Å²) in [7, 11) is 0. The highest BCUT2D eigenvalue weighted by atomic mass is 14.9. The van der Waals surface area contributed by atoms with Gasteiger partial charge in [0.15, 0.2) is 0 Å². The SMILES string of the molecule is CC1=c2c(ccc3ccccc23)=CC(C2CCCCC2)N1. The van der Waals surface area contributed by atoms with Gasteiger partial charge in [0.05, 0.1) is 0 Å². The highest BCUT2D eigenvalue weighted by Crippen LogP contribution is 2.28. The van der Waals surface area contributed by atoms with Gasteiger partial charge in [-0.05, 0) is 41.7 Å². The smallest absolute Gasteiger partial charge is 0.0478 e. The third-order valence-corrected chi connectivity index (χ3v) is 5.24. The van der Waals surface area contributed by atoms with Crippen LogP contribution >= 0.6 is 0 Å². The van der Waals surface area contributed by atoms with Crippen LogP contribution in [-0.2, 0) is 0 Å². The zero-order valence-corrected chi connectivity index (χ0v) is 12.7. The van der Waals surface area contributed by atoms with Gasteiger partial charge in [-0.1, -0.05) is 61.7 Å². The molecular weight excluding hydrogens is 254 g/mol.